The van der Waals surface area contributed by atoms with Crippen molar-refractivity contribution in [3.63, 3.8) is 0 Å². The average Bonchev–Trinajstić information content (AvgIpc) is 2.43. The summed E-state index contributed by atoms with van der Waals surface area (Å²) < 4.78 is 0. The van der Waals surface area contributed by atoms with Crippen LogP contribution >= 0.6 is 0 Å². The van der Waals surface area contributed by atoms with Gasteiger partial charge in [0.25, 0.3) is 0 Å². The van der Waals surface area contributed by atoms with E-state index in [0.29, 0.717) is 5.92 Å². The molecular weight excluding hydrogens is 174 g/mol. The van der Waals surface area contributed by atoms with Gasteiger partial charge in [0.2, 0.25) is 5.91 Å². The second kappa shape index (κ2) is 3.45. The van der Waals surface area contributed by atoms with Crippen molar-refractivity contribution < 1.29 is 4.79 Å². The van der Waals surface area contributed by atoms with E-state index < -0.39 is 0 Å². The molecule has 1 aromatic rings. The van der Waals surface area contributed by atoms with Crippen LogP contribution in [0, 0.1) is 5.92 Å². The smallest absolute Gasteiger partial charge is 0.230 e. The number of carbonyl (C=O) groups excluding carboxylic acids is 1. The maximum Gasteiger partial charge on any atom is 0.230 e. The van der Waals surface area contributed by atoms with Gasteiger partial charge in [-0.25, -0.2) is 0 Å². The van der Waals surface area contributed by atoms with Gasteiger partial charge in [0.1, 0.15) is 0 Å². The lowest BCUT2D eigenvalue weighted by Gasteiger charge is -2.12. The van der Waals surface area contributed by atoms with E-state index in [9.17, 15) is 4.79 Å². The van der Waals surface area contributed by atoms with E-state index in [0.717, 1.165) is 12.1 Å². The van der Waals surface area contributed by atoms with Crippen LogP contribution in [0.2, 0.25) is 0 Å². The Bertz CT molecular complexity index is 333. The molecule has 74 valence electrons. The standard InChI is InChI=1S/C12H15NO/c1-9-8-13(2)12(14)11(9)10-6-4-3-5-7-10/h3-7,9,11H,8H2,1-2H3/t9-,11-/m0/s1. The molecule has 1 amide bonds. The van der Waals surface area contributed by atoms with Crippen molar-refractivity contribution in [1.82, 2.24) is 4.90 Å². The summed E-state index contributed by atoms with van der Waals surface area (Å²) in [6, 6.07) is 10.1. The minimum absolute atomic E-state index is 0.0706. The number of amides is 1. The van der Waals surface area contributed by atoms with Gasteiger partial charge in [-0.15, -0.1) is 0 Å². The van der Waals surface area contributed by atoms with E-state index in [2.05, 4.69) is 6.92 Å². The van der Waals surface area contributed by atoms with Crippen LogP contribution < -0.4 is 0 Å². The summed E-state index contributed by atoms with van der Waals surface area (Å²) in [5.41, 5.74) is 1.15. The fourth-order valence-electron chi connectivity index (χ4n) is 2.24. The molecule has 0 aromatic heterocycles. The molecule has 0 saturated carbocycles. The number of rotatable bonds is 1. The second-order valence-corrected chi connectivity index (χ2v) is 4.08. The van der Waals surface area contributed by atoms with Gasteiger partial charge in [0.05, 0.1) is 5.92 Å². The summed E-state index contributed by atoms with van der Waals surface area (Å²) in [5, 5.41) is 0. The van der Waals surface area contributed by atoms with Gasteiger partial charge in [0, 0.05) is 13.6 Å². The minimum Gasteiger partial charge on any atom is -0.345 e. The molecule has 14 heavy (non-hydrogen) atoms. The van der Waals surface area contributed by atoms with Gasteiger partial charge < -0.3 is 4.90 Å². The van der Waals surface area contributed by atoms with Gasteiger partial charge in [0.15, 0.2) is 0 Å². The van der Waals surface area contributed by atoms with Crippen LogP contribution in [-0.4, -0.2) is 24.4 Å². The molecule has 2 atom stereocenters. The molecule has 0 unspecified atom stereocenters. The third-order valence-electron chi connectivity index (χ3n) is 2.93. The van der Waals surface area contributed by atoms with Gasteiger partial charge >= 0.3 is 0 Å². The molecule has 2 heteroatoms. The van der Waals surface area contributed by atoms with Crippen molar-refractivity contribution in [2.75, 3.05) is 13.6 Å². The molecule has 2 rings (SSSR count). The number of likely N-dealkylation sites (tertiary alicyclic amines) is 1. The van der Waals surface area contributed by atoms with Crippen molar-refractivity contribution in [2.45, 2.75) is 12.8 Å². The van der Waals surface area contributed by atoms with Gasteiger partial charge in [-0.1, -0.05) is 37.3 Å². The fraction of sp³-hybridized carbons (Fsp3) is 0.417. The third kappa shape index (κ3) is 1.41. The fourth-order valence-corrected chi connectivity index (χ4v) is 2.24. The summed E-state index contributed by atoms with van der Waals surface area (Å²) in [7, 11) is 1.88. The van der Waals surface area contributed by atoms with Crippen molar-refractivity contribution in [3.05, 3.63) is 35.9 Å². The van der Waals surface area contributed by atoms with E-state index in [1.807, 2.05) is 42.3 Å². The number of hydrogen-bond acceptors (Lipinski definition) is 1. The first-order valence-corrected chi connectivity index (χ1v) is 5.00. The summed E-state index contributed by atoms with van der Waals surface area (Å²) >= 11 is 0. The monoisotopic (exact) mass is 189 g/mol. The lowest BCUT2D eigenvalue weighted by Crippen LogP contribution is -2.21. The lowest BCUT2D eigenvalue weighted by molar-refractivity contribution is -0.127. The summed E-state index contributed by atoms with van der Waals surface area (Å²) in [5.74, 6) is 0.750. The number of likely N-dealkylation sites (N-methyl/N-ethyl adjacent to an activating group) is 1. The van der Waals surface area contributed by atoms with Crippen LogP contribution in [0.4, 0.5) is 0 Å². The van der Waals surface area contributed by atoms with Crippen molar-refractivity contribution in [1.29, 1.82) is 0 Å². The Morgan fingerprint density at radius 2 is 1.93 bits per heavy atom. The molecular formula is C12H15NO. The highest BCUT2D eigenvalue weighted by molar-refractivity contribution is 5.86. The highest BCUT2D eigenvalue weighted by Gasteiger charge is 2.36. The zero-order valence-corrected chi connectivity index (χ0v) is 8.60. The Morgan fingerprint density at radius 3 is 2.43 bits per heavy atom. The van der Waals surface area contributed by atoms with Crippen molar-refractivity contribution in [3.8, 4) is 0 Å². The predicted octanol–water partition coefficient (Wildman–Crippen LogP) is 1.88. The van der Waals surface area contributed by atoms with Crippen LogP contribution in [0.3, 0.4) is 0 Å². The minimum atomic E-state index is 0.0706. The third-order valence-corrected chi connectivity index (χ3v) is 2.93. The average molecular weight is 189 g/mol. The van der Waals surface area contributed by atoms with E-state index in [1.165, 1.54) is 0 Å². The summed E-state index contributed by atoms with van der Waals surface area (Å²) in [6.07, 6.45) is 0. The Morgan fingerprint density at radius 1 is 1.29 bits per heavy atom. The molecule has 0 N–H and O–H groups in total. The first-order chi connectivity index (χ1) is 6.70. The molecule has 1 aliphatic heterocycles. The van der Waals surface area contributed by atoms with Crippen LogP contribution in [0.25, 0.3) is 0 Å². The molecule has 1 saturated heterocycles. The number of carbonyl (C=O) groups is 1. The summed E-state index contributed by atoms with van der Waals surface area (Å²) in [6.45, 7) is 3.01. The van der Waals surface area contributed by atoms with E-state index in [1.54, 1.807) is 0 Å². The Labute approximate surface area is 84.5 Å². The van der Waals surface area contributed by atoms with Crippen molar-refractivity contribution in [2.24, 2.45) is 5.92 Å². The molecule has 1 fully saturated rings. The zero-order chi connectivity index (χ0) is 10.1. The number of hydrogen-bond donors (Lipinski definition) is 0. The van der Waals surface area contributed by atoms with Gasteiger partial charge in [-0.05, 0) is 11.5 Å². The predicted molar refractivity (Wildman–Crippen MR) is 56.0 cm³/mol. The zero-order valence-electron chi connectivity index (χ0n) is 8.60. The van der Waals surface area contributed by atoms with Crippen molar-refractivity contribution >= 4 is 5.91 Å². The Balaban J connectivity index is 2.31. The largest absolute Gasteiger partial charge is 0.345 e. The van der Waals surface area contributed by atoms with Gasteiger partial charge in [-0.2, -0.15) is 0 Å². The van der Waals surface area contributed by atoms with E-state index in [4.69, 9.17) is 0 Å². The highest BCUT2D eigenvalue weighted by Crippen LogP contribution is 2.32. The molecule has 1 aromatic carbocycles. The van der Waals surface area contributed by atoms with Crippen LogP contribution in [-0.2, 0) is 4.79 Å². The molecule has 0 aliphatic carbocycles. The maximum atomic E-state index is 11.8. The van der Waals surface area contributed by atoms with Crippen LogP contribution in [0.1, 0.15) is 18.4 Å². The Kier molecular flexibility index (Phi) is 2.28. The van der Waals surface area contributed by atoms with Crippen LogP contribution in [0.5, 0.6) is 0 Å². The van der Waals surface area contributed by atoms with Crippen LogP contribution in [0.15, 0.2) is 30.3 Å². The van der Waals surface area contributed by atoms with Gasteiger partial charge in [-0.3, -0.25) is 4.79 Å². The first kappa shape index (κ1) is 9.25. The highest BCUT2D eigenvalue weighted by atomic mass is 16.2. The van der Waals surface area contributed by atoms with E-state index >= 15 is 0 Å². The normalized spacial score (nSPS) is 27.0. The molecule has 1 heterocycles. The molecule has 1 aliphatic rings. The molecule has 0 radical (unpaired) electrons. The molecule has 2 nitrogen and oxygen atoms in total. The number of benzene rings is 1. The molecule has 0 spiro atoms. The SMILES string of the molecule is C[C@H]1CN(C)C(=O)[C@@H]1c1ccccc1. The Hall–Kier alpha value is -1.31. The quantitative estimate of drug-likeness (QED) is 0.660. The number of nitrogens with zero attached hydrogens (tertiary/aromatic N) is 1. The molecule has 0 bridgehead atoms. The summed E-state index contributed by atoms with van der Waals surface area (Å²) in [4.78, 5) is 13.7. The lowest BCUT2D eigenvalue weighted by atomic mass is 9.90. The maximum absolute atomic E-state index is 11.8. The topological polar surface area (TPSA) is 20.3 Å². The van der Waals surface area contributed by atoms with E-state index in [-0.39, 0.29) is 11.8 Å². The second-order valence-electron chi connectivity index (χ2n) is 4.08. The first-order valence-electron chi connectivity index (χ1n) is 5.00.